The van der Waals surface area contributed by atoms with Gasteiger partial charge in [-0.05, 0) is 30.9 Å². The molecule has 1 N–H and O–H groups in total. The number of hydrogen-bond acceptors (Lipinski definition) is 4. The highest BCUT2D eigenvalue weighted by Gasteiger charge is 2.32. The Hall–Kier alpha value is -2.15. The molecule has 1 aromatic heterocycles. The molecule has 0 unspecified atom stereocenters. The Morgan fingerprint density at radius 1 is 1.31 bits per heavy atom. The average molecular weight is 375 g/mol. The Kier molecular flexibility index (Phi) is 5.18. The quantitative estimate of drug-likeness (QED) is 0.871. The molecular weight excluding hydrogens is 350 g/mol. The van der Waals surface area contributed by atoms with Crippen molar-refractivity contribution in [1.29, 1.82) is 0 Å². The smallest absolute Gasteiger partial charge is 0.271 e. The van der Waals surface area contributed by atoms with Gasteiger partial charge in [-0.2, -0.15) is 5.10 Å². The van der Waals surface area contributed by atoms with E-state index in [-0.39, 0.29) is 23.5 Å². The summed E-state index contributed by atoms with van der Waals surface area (Å²) in [6, 6.07) is 9.46. The van der Waals surface area contributed by atoms with Crippen LogP contribution >= 0.6 is 0 Å². The number of carbonyl (C=O) groups is 1. The van der Waals surface area contributed by atoms with Crippen molar-refractivity contribution in [1.82, 2.24) is 15.1 Å². The van der Waals surface area contributed by atoms with Crippen molar-refractivity contribution < 1.29 is 13.2 Å². The van der Waals surface area contributed by atoms with E-state index >= 15 is 0 Å². The number of carbonyl (C=O) groups excluding carboxylic acids is 1. The Bertz CT molecular complexity index is 899. The third-order valence-corrected chi connectivity index (χ3v) is 6.29. The highest BCUT2D eigenvalue weighted by atomic mass is 32.2. The zero-order chi connectivity index (χ0) is 18.9. The van der Waals surface area contributed by atoms with Crippen LogP contribution in [0.25, 0.3) is 11.3 Å². The molecule has 1 amide bonds. The lowest BCUT2D eigenvalue weighted by molar-refractivity contribution is 0.0943. The Morgan fingerprint density at radius 3 is 2.58 bits per heavy atom. The van der Waals surface area contributed by atoms with Gasteiger partial charge in [-0.25, -0.2) is 8.42 Å². The van der Waals surface area contributed by atoms with E-state index in [1.54, 1.807) is 10.7 Å². The lowest BCUT2D eigenvalue weighted by Gasteiger charge is -2.13. The summed E-state index contributed by atoms with van der Waals surface area (Å²) in [5.74, 6) is 0.351. The fourth-order valence-corrected chi connectivity index (χ4v) is 4.77. The van der Waals surface area contributed by atoms with Crippen molar-refractivity contribution >= 4 is 15.7 Å². The number of nitrogens with one attached hydrogen (secondary N) is 1. The van der Waals surface area contributed by atoms with Gasteiger partial charge >= 0.3 is 0 Å². The minimum atomic E-state index is -3.04. The molecular formula is C19H25N3O3S. The van der Waals surface area contributed by atoms with E-state index in [1.807, 2.05) is 45.0 Å². The fourth-order valence-electron chi connectivity index (χ4n) is 3.08. The first kappa shape index (κ1) is 18.6. The van der Waals surface area contributed by atoms with Crippen molar-refractivity contribution in [2.45, 2.75) is 33.2 Å². The molecule has 0 bridgehead atoms. The number of rotatable bonds is 5. The lowest BCUT2D eigenvalue weighted by Crippen LogP contribution is -2.28. The van der Waals surface area contributed by atoms with E-state index in [9.17, 15) is 13.2 Å². The molecule has 140 valence electrons. The minimum Gasteiger partial charge on any atom is -0.350 e. The van der Waals surface area contributed by atoms with Crippen molar-refractivity contribution in [2.24, 2.45) is 5.92 Å². The molecule has 2 heterocycles. The maximum absolute atomic E-state index is 12.4. The van der Waals surface area contributed by atoms with E-state index in [1.165, 1.54) is 0 Å². The van der Waals surface area contributed by atoms with Crippen LogP contribution in [0.4, 0.5) is 0 Å². The second-order valence-corrected chi connectivity index (χ2v) is 9.61. The number of sulfone groups is 1. The van der Waals surface area contributed by atoms with Gasteiger partial charge in [0.2, 0.25) is 0 Å². The molecule has 6 nitrogen and oxygen atoms in total. The fraction of sp³-hybridized carbons (Fsp3) is 0.474. The average Bonchev–Trinajstić information content (AvgIpc) is 3.16. The topological polar surface area (TPSA) is 81.1 Å². The highest BCUT2D eigenvalue weighted by Crippen LogP contribution is 2.30. The predicted molar refractivity (Wildman–Crippen MR) is 102 cm³/mol. The summed E-state index contributed by atoms with van der Waals surface area (Å²) in [6.45, 7) is 6.64. The maximum Gasteiger partial charge on any atom is 0.271 e. The van der Waals surface area contributed by atoms with Gasteiger partial charge in [-0.3, -0.25) is 9.48 Å². The molecule has 1 aliphatic heterocycles. The highest BCUT2D eigenvalue weighted by molar-refractivity contribution is 7.91. The van der Waals surface area contributed by atoms with Gasteiger partial charge in [-0.15, -0.1) is 0 Å². The van der Waals surface area contributed by atoms with Gasteiger partial charge < -0.3 is 5.32 Å². The van der Waals surface area contributed by atoms with Crippen LogP contribution in [0.1, 0.15) is 42.4 Å². The van der Waals surface area contributed by atoms with Gasteiger partial charge in [0.1, 0.15) is 0 Å². The number of hydrogen-bond donors (Lipinski definition) is 1. The Morgan fingerprint density at radius 2 is 2.00 bits per heavy atom. The molecule has 1 aromatic carbocycles. The van der Waals surface area contributed by atoms with Crippen LogP contribution in [0.3, 0.4) is 0 Å². The largest absolute Gasteiger partial charge is 0.350 e. The monoisotopic (exact) mass is 375 g/mol. The zero-order valence-corrected chi connectivity index (χ0v) is 16.2. The zero-order valence-electron chi connectivity index (χ0n) is 15.4. The molecule has 1 saturated heterocycles. The van der Waals surface area contributed by atoms with Crippen LogP contribution < -0.4 is 5.32 Å². The first-order valence-corrected chi connectivity index (χ1v) is 10.7. The molecule has 2 aromatic rings. The van der Waals surface area contributed by atoms with E-state index in [0.29, 0.717) is 24.6 Å². The van der Waals surface area contributed by atoms with Crippen molar-refractivity contribution in [3.05, 3.63) is 41.6 Å². The van der Waals surface area contributed by atoms with Crippen LogP contribution in [-0.4, -0.2) is 42.2 Å². The van der Waals surface area contributed by atoms with Crippen LogP contribution in [0.5, 0.6) is 0 Å². The summed E-state index contributed by atoms with van der Waals surface area (Å²) < 4.78 is 25.5. The third kappa shape index (κ3) is 4.15. The summed E-state index contributed by atoms with van der Waals surface area (Å²) in [5, 5.41) is 7.35. The lowest BCUT2D eigenvalue weighted by atomic mass is 10.1. The number of benzene rings is 1. The molecule has 3 rings (SSSR count). The van der Waals surface area contributed by atoms with Crippen molar-refractivity contribution in [3.63, 3.8) is 0 Å². The molecule has 0 radical (unpaired) electrons. The second-order valence-electron chi connectivity index (χ2n) is 7.39. The first-order valence-electron chi connectivity index (χ1n) is 8.90. The predicted octanol–water partition coefficient (Wildman–Crippen LogP) is 2.60. The summed E-state index contributed by atoms with van der Waals surface area (Å²) in [5.41, 5.74) is 3.17. The normalized spacial score (nSPS) is 19.0. The number of nitrogens with zero attached hydrogens (tertiary/aromatic N) is 2. The van der Waals surface area contributed by atoms with Gasteiger partial charge in [0.05, 0.1) is 23.2 Å². The second kappa shape index (κ2) is 7.23. The van der Waals surface area contributed by atoms with Crippen LogP contribution in [0.15, 0.2) is 30.3 Å². The number of aromatic nitrogens is 2. The van der Waals surface area contributed by atoms with Crippen LogP contribution in [0, 0.1) is 12.8 Å². The third-order valence-electron chi connectivity index (χ3n) is 4.54. The molecule has 1 aliphatic rings. The van der Waals surface area contributed by atoms with E-state index < -0.39 is 9.84 Å². The standard InChI is InChI=1S/C19H25N3O3S/c1-13(2)11-20-19(23)17-10-18(15-6-4-14(3)5-7-15)22(21-17)16-8-9-26(24,25)12-16/h4-7,10,13,16H,8-9,11-12H2,1-3H3,(H,20,23)/t16-/m0/s1. The summed E-state index contributed by atoms with van der Waals surface area (Å²) in [4.78, 5) is 12.4. The van der Waals surface area contributed by atoms with Crippen molar-refractivity contribution in [3.8, 4) is 11.3 Å². The molecule has 1 fully saturated rings. The number of amides is 1. The van der Waals surface area contributed by atoms with Gasteiger partial charge in [0.25, 0.3) is 5.91 Å². The van der Waals surface area contributed by atoms with Gasteiger partial charge in [0.15, 0.2) is 15.5 Å². The molecule has 1 atom stereocenters. The molecule has 0 aliphatic carbocycles. The molecule has 26 heavy (non-hydrogen) atoms. The SMILES string of the molecule is Cc1ccc(-c2cc(C(=O)NCC(C)C)nn2[C@H]2CCS(=O)(=O)C2)cc1. The molecule has 7 heteroatoms. The van der Waals surface area contributed by atoms with Gasteiger partial charge in [0, 0.05) is 6.54 Å². The van der Waals surface area contributed by atoms with Crippen molar-refractivity contribution in [2.75, 3.05) is 18.1 Å². The molecule has 0 spiro atoms. The molecule has 0 saturated carbocycles. The Balaban J connectivity index is 1.97. The maximum atomic E-state index is 12.4. The van der Waals surface area contributed by atoms with E-state index in [0.717, 1.165) is 16.8 Å². The minimum absolute atomic E-state index is 0.0700. The summed E-state index contributed by atoms with van der Waals surface area (Å²) in [7, 11) is -3.04. The van der Waals surface area contributed by atoms with E-state index in [4.69, 9.17) is 0 Å². The van der Waals surface area contributed by atoms with Crippen LogP contribution in [0.2, 0.25) is 0 Å². The number of aryl methyl sites for hydroxylation is 1. The van der Waals surface area contributed by atoms with Gasteiger partial charge in [-0.1, -0.05) is 43.7 Å². The first-order chi connectivity index (χ1) is 12.2. The summed E-state index contributed by atoms with van der Waals surface area (Å²) >= 11 is 0. The van der Waals surface area contributed by atoms with Crippen LogP contribution in [-0.2, 0) is 9.84 Å². The summed E-state index contributed by atoms with van der Waals surface area (Å²) in [6.07, 6.45) is 0.524. The Labute approximate surface area is 154 Å². The van der Waals surface area contributed by atoms with E-state index in [2.05, 4.69) is 10.4 Å².